The van der Waals surface area contributed by atoms with E-state index < -0.39 is 109 Å². The number of allylic oxidation sites excluding steroid dienone is 2. The predicted octanol–water partition coefficient (Wildman–Crippen LogP) is 4.70. The lowest BCUT2D eigenvalue weighted by atomic mass is 9.70. The van der Waals surface area contributed by atoms with Gasteiger partial charge in [0.2, 0.25) is 0 Å². The van der Waals surface area contributed by atoms with Crippen LogP contribution in [-0.4, -0.2) is 144 Å². The largest absolute Gasteiger partial charge is 0.462 e. The Kier molecular flexibility index (Phi) is 15.3. The van der Waals surface area contributed by atoms with Crippen LogP contribution in [0, 0.1) is 23.7 Å². The number of carbonyl (C=O) groups excluding carboxylic acids is 1. The van der Waals surface area contributed by atoms with Gasteiger partial charge in [-0.15, -0.1) is 0 Å². The molecule has 63 heavy (non-hydrogen) atoms. The second kappa shape index (κ2) is 19.9. The summed E-state index contributed by atoms with van der Waals surface area (Å²) < 4.78 is 63.3. The van der Waals surface area contributed by atoms with Gasteiger partial charge >= 0.3 is 5.97 Å². The molecule has 6 heterocycles. The Hall–Kier alpha value is -2.35. The van der Waals surface area contributed by atoms with Crippen molar-refractivity contribution in [1.82, 2.24) is 0 Å². The van der Waals surface area contributed by atoms with E-state index in [1.54, 1.807) is 40.2 Å². The SMILES string of the molecule is CC[C@H](C)[C@H]1O[C@]2(C=C[C@@H]1C)C[C@@H]1CC(C/C=C(/C)[C@@H](O[C@H]3C[C@H](OC)[C@@H](O[C@H]4C[C@H](OC)[C@@H](O)[C@H](C)O4)[C@H](C)O3)[C@@H](C)/C=C\C=C3C(O)O[C@@H]4[C@H](O)C(C)=C[C@@H](C(=O)O1)[C@]34O)O2. The fourth-order valence-electron chi connectivity index (χ4n) is 10.6. The summed E-state index contributed by atoms with van der Waals surface area (Å²) in [5, 5.41) is 45.5. The lowest BCUT2D eigenvalue weighted by Crippen LogP contribution is -2.58. The molecule has 7 rings (SSSR count). The van der Waals surface area contributed by atoms with Gasteiger partial charge in [0.1, 0.15) is 42.0 Å². The number of aliphatic hydroxyl groups excluding tert-OH is 3. The van der Waals surface area contributed by atoms with Gasteiger partial charge in [0.15, 0.2) is 24.7 Å². The van der Waals surface area contributed by atoms with Crippen LogP contribution >= 0.6 is 0 Å². The first kappa shape index (κ1) is 48.6. The van der Waals surface area contributed by atoms with Crippen LogP contribution in [0.15, 0.2) is 59.3 Å². The Labute approximate surface area is 372 Å². The van der Waals surface area contributed by atoms with Crippen molar-refractivity contribution in [2.75, 3.05) is 14.2 Å². The highest BCUT2D eigenvalue weighted by molar-refractivity contribution is 5.78. The molecule has 354 valence electrons. The van der Waals surface area contributed by atoms with E-state index >= 15 is 0 Å². The summed E-state index contributed by atoms with van der Waals surface area (Å²) in [5.41, 5.74) is -0.749. The van der Waals surface area contributed by atoms with Gasteiger partial charge in [-0.3, -0.25) is 4.79 Å². The smallest absolute Gasteiger partial charge is 0.316 e. The van der Waals surface area contributed by atoms with Crippen LogP contribution in [0.25, 0.3) is 0 Å². The third-order valence-electron chi connectivity index (χ3n) is 14.6. The number of aliphatic hydroxyl groups is 4. The van der Waals surface area contributed by atoms with Gasteiger partial charge < -0.3 is 67.8 Å². The summed E-state index contributed by atoms with van der Waals surface area (Å²) in [4.78, 5) is 14.4. The summed E-state index contributed by atoms with van der Waals surface area (Å²) in [6, 6.07) is 0. The maximum atomic E-state index is 14.4. The number of fused-ring (bicyclic) bond motifs is 2. The number of esters is 1. The van der Waals surface area contributed by atoms with Crippen LogP contribution in [0.4, 0.5) is 0 Å². The number of rotatable bonds is 8. The molecule has 4 saturated heterocycles. The van der Waals surface area contributed by atoms with E-state index in [0.29, 0.717) is 31.3 Å². The molecule has 15 nitrogen and oxygen atoms in total. The standard InChI is InChI=1S/C48H72O15/c1-11-24(2)42-27(5)17-18-47(63-42)23-32-20-31(62-47)16-15-26(4)41(59-38-22-36(55-10)43(30(8)57-38)60-37-21-35(54-9)40(50)29(7)56-37)25(3)13-12-14-33-45(51)61-44-39(49)28(6)19-34(46(52)58-32)48(33,44)53/h12-15,17-19,24-25,27,29-32,34-45,49-51,53H,11,16,20-23H2,1-10H3/b13-12-,26-15-,33-14?/t24-,25-,27-,29-,30-,31?,32-,34-,35-,36-,37-,38-,39+,40-,41-,42+,43-,44+,45?,47+,48+/m0/s1. The molecular weight excluding hydrogens is 817 g/mol. The second-order valence-electron chi connectivity index (χ2n) is 19.1. The van der Waals surface area contributed by atoms with Gasteiger partial charge in [-0.2, -0.15) is 0 Å². The Morgan fingerprint density at radius 2 is 1.56 bits per heavy atom. The third-order valence-corrected chi connectivity index (χ3v) is 14.6. The summed E-state index contributed by atoms with van der Waals surface area (Å²) in [5.74, 6) is -3.04. The highest BCUT2D eigenvalue weighted by atomic mass is 16.7. The fraction of sp³-hybridized carbons (Fsp3) is 0.771. The molecule has 0 aromatic rings. The minimum Gasteiger partial charge on any atom is -0.462 e. The van der Waals surface area contributed by atoms with Gasteiger partial charge in [0.25, 0.3) is 0 Å². The van der Waals surface area contributed by atoms with Crippen LogP contribution < -0.4 is 0 Å². The summed E-state index contributed by atoms with van der Waals surface area (Å²) in [6.07, 6.45) is 5.19. The van der Waals surface area contributed by atoms with Crippen LogP contribution in [0.2, 0.25) is 0 Å². The summed E-state index contributed by atoms with van der Waals surface area (Å²) in [6.45, 7) is 15.8. The zero-order valence-corrected chi connectivity index (χ0v) is 38.5. The topological polar surface area (TPSA) is 190 Å². The van der Waals surface area contributed by atoms with Gasteiger partial charge in [0, 0.05) is 57.3 Å². The first-order valence-electron chi connectivity index (χ1n) is 23.0. The predicted molar refractivity (Wildman–Crippen MR) is 228 cm³/mol. The van der Waals surface area contributed by atoms with E-state index in [-0.39, 0.29) is 35.9 Å². The van der Waals surface area contributed by atoms with E-state index in [0.717, 1.165) is 12.0 Å². The molecule has 4 N–H and O–H groups in total. The Balaban J connectivity index is 1.20. The molecule has 0 saturated carbocycles. The van der Waals surface area contributed by atoms with Crippen molar-refractivity contribution in [3.05, 3.63) is 59.3 Å². The van der Waals surface area contributed by atoms with Crippen molar-refractivity contribution < 1.29 is 72.6 Å². The molecule has 1 aliphatic carbocycles. The van der Waals surface area contributed by atoms with Crippen molar-refractivity contribution in [3.63, 3.8) is 0 Å². The molecule has 2 unspecified atom stereocenters. The van der Waals surface area contributed by atoms with E-state index in [2.05, 4.69) is 32.9 Å². The quantitative estimate of drug-likeness (QED) is 0.194. The number of ether oxygens (including phenoxy) is 10. The molecule has 21 atom stereocenters. The average Bonchev–Trinajstić information content (AvgIpc) is 3.51. The Morgan fingerprint density at radius 1 is 0.857 bits per heavy atom. The van der Waals surface area contributed by atoms with E-state index in [9.17, 15) is 25.2 Å². The monoisotopic (exact) mass is 888 g/mol. The van der Waals surface area contributed by atoms with E-state index in [1.807, 2.05) is 32.9 Å². The van der Waals surface area contributed by atoms with Crippen molar-refractivity contribution in [2.24, 2.45) is 23.7 Å². The zero-order valence-electron chi connectivity index (χ0n) is 38.5. The molecule has 0 radical (unpaired) electrons. The third kappa shape index (κ3) is 9.88. The van der Waals surface area contributed by atoms with Gasteiger partial charge in [-0.25, -0.2) is 0 Å². The number of hydrogen-bond acceptors (Lipinski definition) is 15. The highest BCUT2D eigenvalue weighted by Gasteiger charge is 2.63. The maximum Gasteiger partial charge on any atom is 0.316 e. The lowest BCUT2D eigenvalue weighted by molar-refractivity contribution is -0.318. The van der Waals surface area contributed by atoms with Crippen molar-refractivity contribution in [3.8, 4) is 0 Å². The van der Waals surface area contributed by atoms with Crippen LogP contribution in [0.1, 0.15) is 93.9 Å². The maximum absolute atomic E-state index is 14.4. The van der Waals surface area contributed by atoms with Crippen molar-refractivity contribution in [2.45, 2.75) is 197 Å². The second-order valence-corrected chi connectivity index (χ2v) is 19.1. The van der Waals surface area contributed by atoms with Crippen LogP contribution in [0.3, 0.4) is 0 Å². The summed E-state index contributed by atoms with van der Waals surface area (Å²) in [7, 11) is 3.19. The van der Waals surface area contributed by atoms with Crippen LogP contribution in [0.5, 0.6) is 0 Å². The zero-order chi connectivity index (χ0) is 45.5. The molecule has 2 bridgehead atoms. The minimum atomic E-state index is -2.11. The minimum absolute atomic E-state index is 0.0314. The number of carbonyl (C=O) groups is 1. The molecular formula is C48H72O15. The van der Waals surface area contributed by atoms with Gasteiger partial charge in [0.05, 0.1) is 42.7 Å². The van der Waals surface area contributed by atoms with Gasteiger partial charge in [-0.1, -0.05) is 70.6 Å². The first-order valence-corrected chi connectivity index (χ1v) is 23.0. The molecule has 0 aromatic carbocycles. The van der Waals surface area contributed by atoms with Crippen LogP contribution in [-0.2, 0) is 52.2 Å². The average molecular weight is 889 g/mol. The lowest BCUT2D eigenvalue weighted by Gasteiger charge is -2.48. The summed E-state index contributed by atoms with van der Waals surface area (Å²) >= 11 is 0. The first-order chi connectivity index (χ1) is 29.9. The highest BCUT2D eigenvalue weighted by Crippen LogP contribution is 2.49. The molecule has 0 aromatic heterocycles. The molecule has 0 amide bonds. The molecule has 15 heteroatoms. The van der Waals surface area contributed by atoms with E-state index in [1.165, 1.54) is 6.08 Å². The molecule has 4 fully saturated rings. The molecule has 6 aliphatic heterocycles. The Bertz CT molecular complexity index is 1760. The van der Waals surface area contributed by atoms with E-state index in [4.69, 9.17) is 47.4 Å². The normalized spacial score (nSPS) is 48.9. The van der Waals surface area contributed by atoms with Gasteiger partial charge in [-0.05, 0) is 57.3 Å². The number of methoxy groups -OCH3 is 2. The van der Waals surface area contributed by atoms with Crippen molar-refractivity contribution in [1.29, 1.82) is 0 Å². The molecule has 7 aliphatic rings. The Morgan fingerprint density at radius 3 is 2.27 bits per heavy atom. The molecule has 1 spiro atoms. The fourth-order valence-corrected chi connectivity index (χ4v) is 10.6. The van der Waals surface area contributed by atoms with Crippen molar-refractivity contribution >= 4 is 5.97 Å². The number of hydrogen-bond donors (Lipinski definition) is 4.